The molecule has 0 unspecified atom stereocenters. The quantitative estimate of drug-likeness (QED) is 0.489. The third kappa shape index (κ3) is 4.45. The van der Waals surface area contributed by atoms with Crippen molar-refractivity contribution >= 4 is 22.8 Å². The standard InChI is InChI=1S/C18H22N2O3/c1-12-7-8-16-15(10-12)14(13(2)20-16)11-17(21)19-9-5-4-6-18(22)23-3/h4,6-8,10,20H,5,9,11H2,1-3H3,(H,19,21)/b6-4+. The zero-order chi connectivity index (χ0) is 16.8. The van der Waals surface area contributed by atoms with Crippen LogP contribution in [0.15, 0.2) is 30.4 Å². The number of rotatable bonds is 6. The molecule has 5 nitrogen and oxygen atoms in total. The molecule has 0 fully saturated rings. The van der Waals surface area contributed by atoms with Gasteiger partial charge in [0, 0.05) is 29.2 Å². The van der Waals surface area contributed by atoms with Crippen LogP contribution in [0, 0.1) is 13.8 Å². The fourth-order valence-electron chi connectivity index (χ4n) is 2.49. The van der Waals surface area contributed by atoms with Gasteiger partial charge in [0.2, 0.25) is 5.91 Å². The van der Waals surface area contributed by atoms with Crippen LogP contribution in [0.3, 0.4) is 0 Å². The molecule has 2 aromatic rings. The van der Waals surface area contributed by atoms with Gasteiger partial charge in [0.15, 0.2) is 0 Å². The number of benzene rings is 1. The summed E-state index contributed by atoms with van der Waals surface area (Å²) in [6.07, 6.45) is 3.98. The molecule has 2 rings (SSSR count). The van der Waals surface area contributed by atoms with E-state index in [1.165, 1.54) is 18.7 Å². The molecule has 2 N–H and O–H groups in total. The summed E-state index contributed by atoms with van der Waals surface area (Å²) in [5.74, 6) is -0.414. The number of nitrogens with one attached hydrogen (secondary N) is 2. The number of hydrogen-bond acceptors (Lipinski definition) is 3. The van der Waals surface area contributed by atoms with Gasteiger partial charge in [0.1, 0.15) is 0 Å². The SMILES string of the molecule is COC(=O)/C=C/CCNC(=O)Cc1c(C)[nH]c2ccc(C)cc12. The van der Waals surface area contributed by atoms with Crippen molar-refractivity contribution in [3.05, 3.63) is 47.2 Å². The van der Waals surface area contributed by atoms with Crippen LogP contribution < -0.4 is 5.32 Å². The number of aromatic nitrogens is 1. The highest BCUT2D eigenvalue weighted by molar-refractivity contribution is 5.90. The second-order valence-electron chi connectivity index (χ2n) is 5.52. The Morgan fingerprint density at radius 3 is 2.83 bits per heavy atom. The van der Waals surface area contributed by atoms with Crippen LogP contribution in [-0.4, -0.2) is 30.5 Å². The molecule has 0 spiro atoms. The van der Waals surface area contributed by atoms with Crippen LogP contribution in [0.4, 0.5) is 0 Å². The van der Waals surface area contributed by atoms with E-state index in [0.29, 0.717) is 19.4 Å². The number of aryl methyl sites for hydroxylation is 2. The van der Waals surface area contributed by atoms with Crippen molar-refractivity contribution in [2.45, 2.75) is 26.7 Å². The maximum Gasteiger partial charge on any atom is 0.330 e. The number of hydrogen-bond donors (Lipinski definition) is 2. The third-order valence-electron chi connectivity index (χ3n) is 3.70. The van der Waals surface area contributed by atoms with Gasteiger partial charge in [0.25, 0.3) is 0 Å². The predicted octanol–water partition coefficient (Wildman–Crippen LogP) is 2.56. The van der Waals surface area contributed by atoms with Crippen LogP contribution >= 0.6 is 0 Å². The maximum absolute atomic E-state index is 12.1. The highest BCUT2D eigenvalue weighted by Gasteiger charge is 2.12. The molecular weight excluding hydrogens is 292 g/mol. The second kappa shape index (κ2) is 7.63. The smallest absolute Gasteiger partial charge is 0.330 e. The molecule has 1 heterocycles. The highest BCUT2D eigenvalue weighted by atomic mass is 16.5. The van der Waals surface area contributed by atoms with Gasteiger partial charge in [0.05, 0.1) is 13.5 Å². The number of methoxy groups -OCH3 is 1. The number of fused-ring (bicyclic) bond motifs is 1. The number of esters is 1. The van der Waals surface area contributed by atoms with Gasteiger partial charge >= 0.3 is 5.97 Å². The summed E-state index contributed by atoms with van der Waals surface area (Å²) in [4.78, 5) is 26.3. The summed E-state index contributed by atoms with van der Waals surface area (Å²) in [6.45, 7) is 4.52. The molecule has 0 saturated heterocycles. The van der Waals surface area contributed by atoms with E-state index in [2.05, 4.69) is 27.2 Å². The number of aromatic amines is 1. The van der Waals surface area contributed by atoms with Crippen LogP contribution in [0.1, 0.15) is 23.2 Å². The predicted molar refractivity (Wildman–Crippen MR) is 90.3 cm³/mol. The Bertz CT molecular complexity index is 744. The first-order valence-electron chi connectivity index (χ1n) is 7.60. The number of carbonyl (C=O) groups is 2. The average molecular weight is 314 g/mol. The summed E-state index contributed by atoms with van der Waals surface area (Å²) >= 11 is 0. The fourth-order valence-corrected chi connectivity index (χ4v) is 2.49. The molecule has 122 valence electrons. The van der Waals surface area contributed by atoms with Crippen molar-refractivity contribution in [2.75, 3.05) is 13.7 Å². The van der Waals surface area contributed by atoms with E-state index in [9.17, 15) is 9.59 Å². The molecule has 0 bridgehead atoms. The monoisotopic (exact) mass is 314 g/mol. The Balaban J connectivity index is 1.93. The zero-order valence-electron chi connectivity index (χ0n) is 13.7. The van der Waals surface area contributed by atoms with E-state index in [-0.39, 0.29) is 11.9 Å². The first-order chi connectivity index (χ1) is 11.0. The first kappa shape index (κ1) is 16.8. The van der Waals surface area contributed by atoms with Gasteiger partial charge in [-0.25, -0.2) is 4.79 Å². The van der Waals surface area contributed by atoms with Crippen LogP contribution in [0.2, 0.25) is 0 Å². The van der Waals surface area contributed by atoms with Crippen molar-refractivity contribution in [3.8, 4) is 0 Å². The molecule has 1 aromatic heterocycles. The van der Waals surface area contributed by atoms with Gasteiger partial charge in [-0.15, -0.1) is 0 Å². The van der Waals surface area contributed by atoms with E-state index in [1.807, 2.05) is 19.9 Å². The van der Waals surface area contributed by atoms with Gasteiger partial charge in [-0.2, -0.15) is 0 Å². The molecule has 23 heavy (non-hydrogen) atoms. The Kier molecular flexibility index (Phi) is 5.57. The molecule has 0 aliphatic heterocycles. The maximum atomic E-state index is 12.1. The van der Waals surface area contributed by atoms with Crippen molar-refractivity contribution in [3.63, 3.8) is 0 Å². The fraction of sp³-hybridized carbons (Fsp3) is 0.333. The van der Waals surface area contributed by atoms with E-state index < -0.39 is 0 Å². The highest BCUT2D eigenvalue weighted by Crippen LogP contribution is 2.23. The van der Waals surface area contributed by atoms with Gasteiger partial charge < -0.3 is 15.0 Å². The van der Waals surface area contributed by atoms with Gasteiger partial charge in [-0.05, 0) is 38.0 Å². The average Bonchev–Trinajstić information content (AvgIpc) is 2.82. The second-order valence-corrected chi connectivity index (χ2v) is 5.52. The van der Waals surface area contributed by atoms with Gasteiger partial charge in [-0.1, -0.05) is 17.7 Å². The third-order valence-corrected chi connectivity index (χ3v) is 3.70. The van der Waals surface area contributed by atoms with Crippen molar-refractivity contribution in [1.29, 1.82) is 0 Å². The largest absolute Gasteiger partial charge is 0.466 e. The molecule has 0 aliphatic rings. The summed E-state index contributed by atoms with van der Waals surface area (Å²) in [7, 11) is 1.33. The van der Waals surface area contributed by atoms with Crippen molar-refractivity contribution in [1.82, 2.24) is 10.3 Å². The minimum atomic E-state index is -0.388. The lowest BCUT2D eigenvalue weighted by atomic mass is 10.1. The Morgan fingerprint density at radius 1 is 1.30 bits per heavy atom. The molecular formula is C18H22N2O3. The Labute approximate surface area is 135 Å². The molecule has 0 aliphatic carbocycles. The number of amides is 1. The minimum Gasteiger partial charge on any atom is -0.466 e. The topological polar surface area (TPSA) is 71.2 Å². The molecule has 5 heteroatoms. The Hall–Kier alpha value is -2.56. The van der Waals surface area contributed by atoms with Crippen LogP contribution in [0.5, 0.6) is 0 Å². The number of H-pyrrole nitrogens is 1. The van der Waals surface area contributed by atoms with E-state index in [1.54, 1.807) is 6.08 Å². The lowest BCUT2D eigenvalue weighted by Gasteiger charge is -2.04. The van der Waals surface area contributed by atoms with E-state index in [0.717, 1.165) is 22.2 Å². The summed E-state index contributed by atoms with van der Waals surface area (Å²) in [5, 5.41) is 3.96. The summed E-state index contributed by atoms with van der Waals surface area (Å²) in [5.41, 5.74) is 4.28. The summed E-state index contributed by atoms with van der Waals surface area (Å²) in [6, 6.07) is 6.19. The van der Waals surface area contributed by atoms with Crippen LogP contribution in [-0.2, 0) is 20.7 Å². The van der Waals surface area contributed by atoms with Gasteiger partial charge in [-0.3, -0.25) is 4.79 Å². The van der Waals surface area contributed by atoms with E-state index >= 15 is 0 Å². The van der Waals surface area contributed by atoms with Crippen molar-refractivity contribution < 1.29 is 14.3 Å². The number of ether oxygens (including phenoxy) is 1. The van der Waals surface area contributed by atoms with Crippen molar-refractivity contribution in [2.24, 2.45) is 0 Å². The Morgan fingerprint density at radius 2 is 2.09 bits per heavy atom. The van der Waals surface area contributed by atoms with E-state index in [4.69, 9.17) is 0 Å². The lowest BCUT2D eigenvalue weighted by Crippen LogP contribution is -2.26. The first-order valence-corrected chi connectivity index (χ1v) is 7.60. The molecule has 1 aromatic carbocycles. The number of carbonyl (C=O) groups excluding carboxylic acids is 2. The lowest BCUT2D eigenvalue weighted by molar-refractivity contribution is -0.134. The molecule has 0 saturated carbocycles. The summed E-state index contributed by atoms with van der Waals surface area (Å²) < 4.78 is 4.50. The normalized spacial score (nSPS) is 11.1. The van der Waals surface area contributed by atoms with Crippen LogP contribution in [0.25, 0.3) is 10.9 Å². The minimum absolute atomic E-state index is 0.0259. The molecule has 0 radical (unpaired) electrons. The molecule has 1 amide bonds. The molecule has 0 atom stereocenters. The zero-order valence-corrected chi connectivity index (χ0v) is 13.7.